The SMILES string of the molecule is CC(C)(C)[Si](C)(C)OC[C@H]1O[C@@H](n2c(I)nc3c(N[C@@H]4C[C@@H]5CC[C@H]4C5)ncnc32)[C@H](O[Si](C)(C)C(C)(C)C)[C@@H]1O[Si](C)(C)C(C)(C)C. The van der Waals surface area contributed by atoms with Gasteiger partial charge in [-0.3, -0.25) is 4.57 Å². The number of fused-ring (bicyclic) bond motifs is 3. The van der Waals surface area contributed by atoms with Gasteiger partial charge in [0.25, 0.3) is 0 Å². The molecule has 7 atom stereocenters. The van der Waals surface area contributed by atoms with Crippen molar-refractivity contribution in [3.05, 3.63) is 10.2 Å². The van der Waals surface area contributed by atoms with Crippen LogP contribution in [0.5, 0.6) is 0 Å². The zero-order valence-corrected chi connectivity index (χ0v) is 37.6. The molecule has 2 aromatic rings. The van der Waals surface area contributed by atoms with Gasteiger partial charge in [0.05, 0.1) is 6.61 Å². The highest BCUT2D eigenvalue weighted by Gasteiger charge is 2.55. The molecule has 1 saturated heterocycles. The van der Waals surface area contributed by atoms with Gasteiger partial charge in [-0.2, -0.15) is 0 Å². The number of hydrogen-bond acceptors (Lipinski definition) is 8. The first-order valence-corrected chi connectivity index (χ1v) is 27.9. The van der Waals surface area contributed by atoms with Gasteiger partial charge in [0.15, 0.2) is 52.0 Å². The number of imidazole rings is 1. The Morgan fingerprint density at radius 1 is 0.833 bits per heavy atom. The third kappa shape index (κ3) is 7.54. The highest BCUT2D eigenvalue weighted by Crippen LogP contribution is 2.48. The predicted octanol–water partition coefficient (Wildman–Crippen LogP) is 9.73. The minimum absolute atomic E-state index is 0.00111. The number of aromatic nitrogens is 4. The van der Waals surface area contributed by atoms with Gasteiger partial charge < -0.3 is 23.3 Å². The Kier molecular flexibility index (Phi) is 10.7. The molecule has 0 radical (unpaired) electrons. The van der Waals surface area contributed by atoms with Gasteiger partial charge in [-0.05, 0) is 85.5 Å². The minimum Gasteiger partial charge on any atom is -0.414 e. The van der Waals surface area contributed by atoms with E-state index in [4.69, 9.17) is 33.0 Å². The number of anilines is 1. The van der Waals surface area contributed by atoms with Crippen LogP contribution >= 0.6 is 22.6 Å². The lowest BCUT2D eigenvalue weighted by Gasteiger charge is -2.44. The number of nitrogens with one attached hydrogen (secondary N) is 1. The molecule has 3 fully saturated rings. The molecule has 2 aromatic heterocycles. The van der Waals surface area contributed by atoms with Crippen molar-refractivity contribution in [2.24, 2.45) is 11.8 Å². The molecule has 9 nitrogen and oxygen atoms in total. The van der Waals surface area contributed by atoms with E-state index in [9.17, 15) is 0 Å². The maximum absolute atomic E-state index is 7.43. The first-order chi connectivity index (χ1) is 21.8. The number of nitrogens with zero attached hydrogens (tertiary/aromatic N) is 4. The normalized spacial score (nSPS) is 29.0. The second kappa shape index (κ2) is 13.2. The largest absolute Gasteiger partial charge is 0.414 e. The van der Waals surface area contributed by atoms with Crippen molar-refractivity contribution in [1.29, 1.82) is 0 Å². The van der Waals surface area contributed by atoms with Crippen molar-refractivity contribution in [2.75, 3.05) is 11.9 Å². The van der Waals surface area contributed by atoms with Gasteiger partial charge in [-0.15, -0.1) is 0 Å². The summed E-state index contributed by atoms with van der Waals surface area (Å²) in [6, 6.07) is 0.446. The fourth-order valence-corrected chi connectivity index (χ4v) is 11.0. The molecule has 5 rings (SSSR count). The van der Waals surface area contributed by atoms with Gasteiger partial charge in [0, 0.05) is 28.6 Å². The molecule has 2 aliphatic carbocycles. The zero-order chi connectivity index (χ0) is 35.8. The highest BCUT2D eigenvalue weighted by atomic mass is 127. The van der Waals surface area contributed by atoms with E-state index in [-0.39, 0.29) is 33.4 Å². The molecular formula is C35H64IN5O4Si3. The van der Waals surface area contributed by atoms with Crippen LogP contribution in [0.4, 0.5) is 5.82 Å². The summed E-state index contributed by atoms with van der Waals surface area (Å²) >= 11 is 2.34. The van der Waals surface area contributed by atoms with E-state index in [2.05, 4.69) is 134 Å². The van der Waals surface area contributed by atoms with E-state index in [0.29, 0.717) is 12.6 Å². The van der Waals surface area contributed by atoms with Crippen molar-refractivity contribution in [3.63, 3.8) is 0 Å². The van der Waals surface area contributed by atoms with Crippen LogP contribution in [0.15, 0.2) is 6.33 Å². The van der Waals surface area contributed by atoms with Crippen molar-refractivity contribution in [1.82, 2.24) is 19.5 Å². The molecule has 13 heteroatoms. The first-order valence-electron chi connectivity index (χ1n) is 18.1. The van der Waals surface area contributed by atoms with Gasteiger partial charge in [0.1, 0.15) is 24.6 Å². The van der Waals surface area contributed by atoms with Gasteiger partial charge in [-0.1, -0.05) is 68.7 Å². The molecule has 3 heterocycles. The van der Waals surface area contributed by atoms with Crippen LogP contribution in [0.3, 0.4) is 0 Å². The van der Waals surface area contributed by atoms with E-state index in [1.54, 1.807) is 6.33 Å². The Morgan fingerprint density at radius 3 is 1.94 bits per heavy atom. The Hall–Kier alpha value is -0.429. The summed E-state index contributed by atoms with van der Waals surface area (Å²) in [6.07, 6.45) is 5.41. The molecule has 272 valence electrons. The van der Waals surface area contributed by atoms with Gasteiger partial charge in [-0.25, -0.2) is 15.0 Å². The molecular weight excluding hydrogens is 766 g/mol. The van der Waals surface area contributed by atoms with Crippen molar-refractivity contribution in [2.45, 2.75) is 173 Å². The summed E-state index contributed by atoms with van der Waals surface area (Å²) < 4.78 is 31.9. The Bertz CT molecular complexity index is 1460. The number of halogens is 1. The molecule has 0 spiro atoms. The van der Waals surface area contributed by atoms with E-state index in [1.165, 1.54) is 25.7 Å². The first kappa shape index (κ1) is 38.8. The molecule has 0 unspecified atom stereocenters. The lowest BCUT2D eigenvalue weighted by atomic mass is 9.95. The molecule has 2 bridgehead atoms. The summed E-state index contributed by atoms with van der Waals surface area (Å²) in [7, 11) is -6.62. The summed E-state index contributed by atoms with van der Waals surface area (Å²) in [5.41, 5.74) is 1.56. The minimum atomic E-state index is -2.29. The van der Waals surface area contributed by atoms with E-state index < -0.39 is 31.2 Å². The maximum Gasteiger partial charge on any atom is 0.192 e. The standard InChI is InChI=1S/C35H64IN5O4Si3/c1-33(2,3)46(10,11)42-20-25-27(44-47(12,13)34(4,5)6)28(45-48(14,15)35(7,8)9)31(43-25)41-30-26(40-32(41)36)29(37-21-38-30)39-24-19-22-16-17-23(24)18-22/h21-25,27-28,31H,16-20H2,1-15H3,(H,37,38,39)/t22-,23+,24-,25-,27-,28-,31-/m1/s1. The van der Waals surface area contributed by atoms with Crippen LogP contribution < -0.4 is 5.32 Å². The Labute approximate surface area is 307 Å². The maximum atomic E-state index is 7.43. The van der Waals surface area contributed by atoms with Crippen molar-refractivity contribution < 1.29 is 18.0 Å². The summed E-state index contributed by atoms with van der Waals surface area (Å²) in [6.45, 7) is 35.0. The van der Waals surface area contributed by atoms with Crippen LogP contribution in [-0.4, -0.2) is 75.4 Å². The highest BCUT2D eigenvalue weighted by molar-refractivity contribution is 14.1. The summed E-state index contributed by atoms with van der Waals surface area (Å²) in [4.78, 5) is 14.7. The fourth-order valence-electron chi connectivity index (χ4n) is 6.67. The number of rotatable bonds is 10. The predicted molar refractivity (Wildman–Crippen MR) is 212 cm³/mol. The Balaban J connectivity index is 1.59. The molecule has 1 N–H and O–H groups in total. The van der Waals surface area contributed by atoms with Crippen molar-refractivity contribution >= 4 is 64.5 Å². The average molecular weight is 830 g/mol. The molecule has 2 saturated carbocycles. The second-order valence-corrected chi connectivity index (χ2v) is 34.7. The van der Waals surface area contributed by atoms with Crippen LogP contribution in [-0.2, 0) is 18.0 Å². The van der Waals surface area contributed by atoms with Gasteiger partial charge in [0.2, 0.25) is 0 Å². The smallest absolute Gasteiger partial charge is 0.192 e. The van der Waals surface area contributed by atoms with Crippen LogP contribution in [0.1, 0.15) is 94.2 Å². The molecule has 0 aromatic carbocycles. The number of ether oxygens (including phenoxy) is 1. The topological polar surface area (TPSA) is 92.6 Å². The zero-order valence-electron chi connectivity index (χ0n) is 32.5. The Morgan fingerprint density at radius 2 is 1.42 bits per heavy atom. The average Bonchev–Trinajstić information content (AvgIpc) is 3.69. The van der Waals surface area contributed by atoms with E-state index in [1.807, 2.05) is 0 Å². The summed E-state index contributed by atoms with van der Waals surface area (Å²) in [5, 5.41) is 3.89. The van der Waals surface area contributed by atoms with E-state index in [0.717, 1.165) is 32.6 Å². The van der Waals surface area contributed by atoms with Crippen LogP contribution in [0.25, 0.3) is 11.2 Å². The molecule has 48 heavy (non-hydrogen) atoms. The van der Waals surface area contributed by atoms with Crippen LogP contribution in [0, 0.1) is 15.7 Å². The lowest BCUT2D eigenvalue weighted by molar-refractivity contribution is -0.0482. The van der Waals surface area contributed by atoms with Crippen LogP contribution in [0.2, 0.25) is 54.4 Å². The third-order valence-electron chi connectivity index (χ3n) is 12.9. The third-order valence-corrected chi connectivity index (χ3v) is 27.1. The summed E-state index contributed by atoms with van der Waals surface area (Å²) in [5.74, 6) is 2.38. The molecule has 3 aliphatic rings. The lowest BCUT2D eigenvalue weighted by Crippen LogP contribution is -2.54. The quantitative estimate of drug-likeness (QED) is 0.144. The van der Waals surface area contributed by atoms with E-state index >= 15 is 0 Å². The fraction of sp³-hybridized carbons (Fsp3) is 0.857. The number of hydrogen-bond donors (Lipinski definition) is 1. The molecule has 0 amide bonds. The van der Waals surface area contributed by atoms with Gasteiger partial charge >= 0.3 is 0 Å². The monoisotopic (exact) mass is 829 g/mol. The molecule has 1 aliphatic heterocycles. The van der Waals surface area contributed by atoms with Crippen molar-refractivity contribution in [3.8, 4) is 0 Å². The second-order valence-electron chi connectivity index (χ2n) is 19.4.